The molecule has 0 fully saturated rings. The molecular formula is C23H30BrN3O4S. The van der Waals surface area contributed by atoms with Crippen LogP contribution >= 0.6 is 15.9 Å². The van der Waals surface area contributed by atoms with Crippen molar-refractivity contribution in [3.05, 3.63) is 64.6 Å². The highest BCUT2D eigenvalue weighted by atomic mass is 79.9. The van der Waals surface area contributed by atoms with Gasteiger partial charge >= 0.3 is 0 Å². The lowest BCUT2D eigenvalue weighted by Gasteiger charge is -2.31. The quantitative estimate of drug-likeness (QED) is 0.489. The Morgan fingerprint density at radius 1 is 1.06 bits per heavy atom. The lowest BCUT2D eigenvalue weighted by Crippen LogP contribution is -2.52. The molecule has 7 nitrogen and oxygen atoms in total. The summed E-state index contributed by atoms with van der Waals surface area (Å²) in [6, 6.07) is 15.6. The number of rotatable bonds is 11. The SMILES string of the molecule is CCCNC(=O)C(C)N(CCc1ccccc1)C(=O)CN(c1ccc(Br)cc1)S(C)(=O)=O. The highest BCUT2D eigenvalue weighted by Gasteiger charge is 2.29. The second kappa shape index (κ2) is 12.0. The van der Waals surface area contributed by atoms with Crippen LogP contribution in [0.2, 0.25) is 0 Å². The van der Waals surface area contributed by atoms with Gasteiger partial charge < -0.3 is 10.2 Å². The summed E-state index contributed by atoms with van der Waals surface area (Å²) in [5, 5.41) is 2.82. The first-order valence-electron chi connectivity index (χ1n) is 10.5. The third-order valence-electron chi connectivity index (χ3n) is 4.99. The number of amides is 2. The van der Waals surface area contributed by atoms with Crippen LogP contribution in [-0.4, -0.2) is 57.1 Å². The van der Waals surface area contributed by atoms with Gasteiger partial charge in [-0.1, -0.05) is 53.2 Å². The molecule has 0 saturated heterocycles. The minimum Gasteiger partial charge on any atom is -0.354 e. The molecule has 2 amide bonds. The molecule has 0 radical (unpaired) electrons. The predicted octanol–water partition coefficient (Wildman–Crippen LogP) is 3.20. The van der Waals surface area contributed by atoms with Crippen molar-refractivity contribution in [2.24, 2.45) is 0 Å². The summed E-state index contributed by atoms with van der Waals surface area (Å²) < 4.78 is 26.8. The fraction of sp³-hybridized carbons (Fsp3) is 0.391. The Bertz CT molecular complexity index is 998. The van der Waals surface area contributed by atoms with Crippen LogP contribution in [0.5, 0.6) is 0 Å². The molecule has 0 spiro atoms. The van der Waals surface area contributed by atoms with Gasteiger partial charge in [-0.2, -0.15) is 0 Å². The summed E-state index contributed by atoms with van der Waals surface area (Å²) in [6.45, 7) is 4.03. The van der Waals surface area contributed by atoms with Crippen molar-refractivity contribution in [3.8, 4) is 0 Å². The van der Waals surface area contributed by atoms with Crippen LogP contribution in [-0.2, 0) is 26.0 Å². The van der Waals surface area contributed by atoms with Crippen molar-refractivity contribution in [3.63, 3.8) is 0 Å². The first-order chi connectivity index (χ1) is 15.1. The molecule has 0 aliphatic carbocycles. The average molecular weight is 524 g/mol. The van der Waals surface area contributed by atoms with Gasteiger partial charge in [-0.15, -0.1) is 0 Å². The fourth-order valence-corrected chi connectivity index (χ4v) is 4.30. The van der Waals surface area contributed by atoms with Crippen LogP contribution in [0.15, 0.2) is 59.1 Å². The van der Waals surface area contributed by atoms with Gasteiger partial charge in [-0.05, 0) is 49.6 Å². The smallest absolute Gasteiger partial charge is 0.244 e. The number of hydrogen-bond donors (Lipinski definition) is 1. The van der Waals surface area contributed by atoms with E-state index in [9.17, 15) is 18.0 Å². The van der Waals surface area contributed by atoms with E-state index in [1.54, 1.807) is 31.2 Å². The van der Waals surface area contributed by atoms with Gasteiger partial charge in [0, 0.05) is 17.6 Å². The van der Waals surface area contributed by atoms with Gasteiger partial charge in [0.2, 0.25) is 21.8 Å². The van der Waals surface area contributed by atoms with Crippen molar-refractivity contribution < 1.29 is 18.0 Å². The van der Waals surface area contributed by atoms with E-state index in [-0.39, 0.29) is 12.5 Å². The molecule has 2 aromatic carbocycles. The summed E-state index contributed by atoms with van der Waals surface area (Å²) >= 11 is 3.33. The van der Waals surface area contributed by atoms with Crippen molar-refractivity contribution in [2.75, 3.05) is 30.2 Å². The number of nitrogens with zero attached hydrogens (tertiary/aromatic N) is 2. The second-order valence-corrected chi connectivity index (χ2v) is 10.4. The largest absolute Gasteiger partial charge is 0.354 e. The lowest BCUT2D eigenvalue weighted by molar-refractivity contribution is -0.138. The summed E-state index contributed by atoms with van der Waals surface area (Å²) in [4.78, 5) is 27.4. The summed E-state index contributed by atoms with van der Waals surface area (Å²) in [6.07, 6.45) is 2.39. The molecule has 0 saturated carbocycles. The van der Waals surface area contributed by atoms with E-state index in [2.05, 4.69) is 21.2 Å². The number of hydrogen-bond acceptors (Lipinski definition) is 4. The molecule has 1 N–H and O–H groups in total. The standard InChI is InChI=1S/C23H30BrN3O4S/c1-4-15-25-23(29)18(2)26(16-14-19-8-6-5-7-9-19)22(28)17-27(32(3,30)31)21-12-10-20(24)11-13-21/h5-13,18H,4,14-17H2,1-3H3,(H,25,29). The Kier molecular flexibility index (Phi) is 9.71. The third kappa shape index (κ3) is 7.63. The second-order valence-electron chi connectivity index (χ2n) is 7.54. The van der Waals surface area contributed by atoms with Crippen LogP contribution in [0.4, 0.5) is 5.69 Å². The Labute approximate surface area is 199 Å². The predicted molar refractivity (Wildman–Crippen MR) is 131 cm³/mol. The molecular weight excluding hydrogens is 494 g/mol. The van der Waals surface area contributed by atoms with Crippen LogP contribution < -0.4 is 9.62 Å². The number of benzene rings is 2. The lowest BCUT2D eigenvalue weighted by atomic mass is 10.1. The normalized spacial score (nSPS) is 12.1. The van der Waals surface area contributed by atoms with E-state index in [0.717, 1.165) is 27.0 Å². The highest BCUT2D eigenvalue weighted by Crippen LogP contribution is 2.21. The summed E-state index contributed by atoms with van der Waals surface area (Å²) in [5.41, 5.74) is 1.41. The Hall–Kier alpha value is -2.39. The number of halogens is 1. The monoisotopic (exact) mass is 523 g/mol. The van der Waals surface area contributed by atoms with Crippen molar-refractivity contribution in [1.29, 1.82) is 0 Å². The minimum absolute atomic E-state index is 0.261. The van der Waals surface area contributed by atoms with Crippen LogP contribution in [0.1, 0.15) is 25.8 Å². The number of anilines is 1. The maximum Gasteiger partial charge on any atom is 0.244 e. The molecule has 1 unspecified atom stereocenters. The molecule has 32 heavy (non-hydrogen) atoms. The molecule has 2 rings (SSSR count). The minimum atomic E-state index is -3.72. The Balaban J connectivity index is 2.27. The molecule has 0 aromatic heterocycles. The van der Waals surface area contributed by atoms with Crippen LogP contribution in [0.3, 0.4) is 0 Å². The van der Waals surface area contributed by atoms with Gasteiger partial charge in [0.05, 0.1) is 11.9 Å². The van der Waals surface area contributed by atoms with Crippen LogP contribution in [0, 0.1) is 0 Å². The first-order valence-corrected chi connectivity index (χ1v) is 13.1. The molecule has 0 aliphatic heterocycles. The molecule has 9 heteroatoms. The average Bonchev–Trinajstić information content (AvgIpc) is 2.76. The van der Waals surface area contributed by atoms with Gasteiger partial charge in [0.25, 0.3) is 0 Å². The van der Waals surface area contributed by atoms with E-state index in [1.807, 2.05) is 37.3 Å². The first kappa shape index (κ1) is 25.9. The van der Waals surface area contributed by atoms with E-state index >= 15 is 0 Å². The van der Waals surface area contributed by atoms with Crippen molar-refractivity contribution >= 4 is 43.5 Å². The fourth-order valence-electron chi connectivity index (χ4n) is 3.19. The Morgan fingerprint density at radius 3 is 2.25 bits per heavy atom. The van der Waals surface area contributed by atoms with Crippen molar-refractivity contribution in [2.45, 2.75) is 32.7 Å². The Morgan fingerprint density at radius 2 is 1.69 bits per heavy atom. The van der Waals surface area contributed by atoms with E-state index in [0.29, 0.717) is 25.2 Å². The molecule has 0 heterocycles. The zero-order chi connectivity index (χ0) is 23.7. The van der Waals surface area contributed by atoms with Crippen molar-refractivity contribution in [1.82, 2.24) is 10.2 Å². The zero-order valence-electron chi connectivity index (χ0n) is 18.6. The van der Waals surface area contributed by atoms with E-state index in [1.165, 1.54) is 4.90 Å². The molecule has 174 valence electrons. The molecule has 2 aromatic rings. The van der Waals surface area contributed by atoms with E-state index < -0.39 is 22.0 Å². The molecule has 0 aliphatic rings. The number of carbonyl (C=O) groups is 2. The highest BCUT2D eigenvalue weighted by molar-refractivity contribution is 9.10. The topological polar surface area (TPSA) is 86.8 Å². The van der Waals surface area contributed by atoms with Crippen LogP contribution in [0.25, 0.3) is 0 Å². The van der Waals surface area contributed by atoms with Gasteiger partial charge in [-0.25, -0.2) is 8.42 Å². The third-order valence-corrected chi connectivity index (χ3v) is 6.66. The molecule has 0 bridgehead atoms. The maximum absolute atomic E-state index is 13.3. The molecule has 1 atom stereocenters. The zero-order valence-corrected chi connectivity index (χ0v) is 21.0. The van der Waals surface area contributed by atoms with Gasteiger partial charge in [0.1, 0.15) is 12.6 Å². The van der Waals surface area contributed by atoms with Gasteiger partial charge in [-0.3, -0.25) is 13.9 Å². The number of sulfonamides is 1. The number of nitrogens with one attached hydrogen (secondary N) is 1. The maximum atomic E-state index is 13.3. The van der Waals surface area contributed by atoms with Gasteiger partial charge in [0.15, 0.2) is 0 Å². The number of carbonyl (C=O) groups excluding carboxylic acids is 2. The summed E-state index contributed by atoms with van der Waals surface area (Å²) in [5.74, 6) is -0.698. The summed E-state index contributed by atoms with van der Waals surface area (Å²) in [7, 11) is -3.72. The van der Waals surface area contributed by atoms with E-state index in [4.69, 9.17) is 0 Å².